The minimum Gasteiger partial charge on any atom is -0.342 e. The predicted molar refractivity (Wildman–Crippen MR) is 70.8 cm³/mol. The van der Waals surface area contributed by atoms with Gasteiger partial charge in [0, 0.05) is 32.2 Å². The van der Waals surface area contributed by atoms with Crippen LogP contribution in [-0.2, 0) is 4.79 Å². The molecule has 1 aliphatic rings. The molecule has 4 heteroatoms. The number of piperidine rings is 1. The highest BCUT2D eigenvalue weighted by atomic mass is 16.2. The molecule has 0 unspecified atom stereocenters. The summed E-state index contributed by atoms with van der Waals surface area (Å²) in [6.07, 6.45) is 4.29. The maximum Gasteiger partial charge on any atom is 0.236 e. The fraction of sp³-hybridized carbons (Fsp3) is 0.923. The third kappa shape index (κ3) is 5.04. The Bertz CT molecular complexity index is 225. The van der Waals surface area contributed by atoms with Crippen LogP contribution in [0.5, 0.6) is 0 Å². The van der Waals surface area contributed by atoms with E-state index < -0.39 is 0 Å². The summed E-state index contributed by atoms with van der Waals surface area (Å²) >= 11 is 0. The fourth-order valence-electron chi connectivity index (χ4n) is 2.21. The molecule has 1 aliphatic heterocycles. The molecule has 1 fully saturated rings. The van der Waals surface area contributed by atoms with Gasteiger partial charge in [0.25, 0.3) is 0 Å². The second kappa shape index (κ2) is 7.67. The molecule has 0 atom stereocenters. The number of amides is 1. The van der Waals surface area contributed by atoms with E-state index in [2.05, 4.69) is 18.7 Å². The smallest absolute Gasteiger partial charge is 0.236 e. The first kappa shape index (κ1) is 14.5. The van der Waals surface area contributed by atoms with E-state index in [4.69, 9.17) is 5.73 Å². The number of likely N-dealkylation sites (tertiary alicyclic amines) is 1. The monoisotopic (exact) mass is 241 g/mol. The minimum absolute atomic E-state index is 0.274. The van der Waals surface area contributed by atoms with Crippen LogP contribution < -0.4 is 5.73 Å². The Morgan fingerprint density at radius 3 is 2.53 bits per heavy atom. The maximum absolute atomic E-state index is 12.1. The van der Waals surface area contributed by atoms with Crippen LogP contribution in [0.4, 0.5) is 0 Å². The summed E-state index contributed by atoms with van der Waals surface area (Å²) in [5, 5.41) is 0. The average Bonchev–Trinajstić information content (AvgIpc) is 2.33. The Morgan fingerprint density at radius 2 is 2.00 bits per heavy atom. The van der Waals surface area contributed by atoms with Crippen molar-refractivity contribution in [3.8, 4) is 0 Å². The molecule has 1 rings (SSSR count). The molecule has 1 saturated heterocycles. The van der Waals surface area contributed by atoms with Crippen molar-refractivity contribution in [3.63, 3.8) is 0 Å². The molecular weight excluding hydrogens is 214 g/mol. The molecule has 0 aliphatic carbocycles. The number of rotatable bonds is 6. The lowest BCUT2D eigenvalue weighted by Crippen LogP contribution is -2.46. The van der Waals surface area contributed by atoms with Crippen molar-refractivity contribution in [1.82, 2.24) is 9.80 Å². The summed E-state index contributed by atoms with van der Waals surface area (Å²) in [5.74, 6) is 0.274. The Hall–Kier alpha value is -0.610. The Balaban J connectivity index is 2.31. The molecule has 17 heavy (non-hydrogen) atoms. The molecule has 0 spiro atoms. The molecule has 1 heterocycles. The van der Waals surface area contributed by atoms with Crippen LogP contribution in [0.1, 0.15) is 39.5 Å². The topological polar surface area (TPSA) is 49.6 Å². The molecular formula is C13H27N3O. The van der Waals surface area contributed by atoms with Crippen molar-refractivity contribution in [2.45, 2.75) is 45.6 Å². The molecule has 0 aromatic carbocycles. The van der Waals surface area contributed by atoms with Gasteiger partial charge in [0.1, 0.15) is 0 Å². The minimum atomic E-state index is 0.274. The van der Waals surface area contributed by atoms with Gasteiger partial charge in [0.2, 0.25) is 5.91 Å². The summed E-state index contributed by atoms with van der Waals surface area (Å²) in [6, 6.07) is 0.337. The quantitative estimate of drug-likeness (QED) is 0.756. The van der Waals surface area contributed by atoms with Gasteiger partial charge in [-0.1, -0.05) is 13.3 Å². The van der Waals surface area contributed by atoms with Gasteiger partial charge in [-0.3, -0.25) is 9.69 Å². The second-order valence-electron chi connectivity index (χ2n) is 4.94. The van der Waals surface area contributed by atoms with Crippen molar-refractivity contribution < 1.29 is 4.79 Å². The van der Waals surface area contributed by atoms with Crippen molar-refractivity contribution >= 4 is 5.91 Å². The summed E-state index contributed by atoms with van der Waals surface area (Å²) in [4.78, 5) is 16.3. The number of likely N-dealkylation sites (N-methyl/N-ethyl adjacent to an activating group) is 1. The Kier molecular flexibility index (Phi) is 6.52. The molecule has 4 nitrogen and oxygen atoms in total. The Morgan fingerprint density at radius 1 is 1.35 bits per heavy atom. The lowest BCUT2D eigenvalue weighted by molar-refractivity contribution is -0.132. The van der Waals surface area contributed by atoms with Crippen molar-refractivity contribution in [3.05, 3.63) is 0 Å². The predicted octanol–water partition coefficient (Wildman–Crippen LogP) is 1.06. The van der Waals surface area contributed by atoms with Crippen molar-refractivity contribution in [2.75, 3.05) is 32.7 Å². The van der Waals surface area contributed by atoms with E-state index in [9.17, 15) is 4.79 Å². The molecule has 0 aromatic rings. The summed E-state index contributed by atoms with van der Waals surface area (Å²) in [6.45, 7) is 8.45. The van der Waals surface area contributed by atoms with E-state index in [-0.39, 0.29) is 5.91 Å². The molecule has 1 amide bonds. The van der Waals surface area contributed by atoms with Crippen LogP contribution in [0, 0.1) is 0 Å². The third-order valence-electron chi connectivity index (χ3n) is 3.51. The van der Waals surface area contributed by atoms with Crippen LogP contribution in [0.2, 0.25) is 0 Å². The van der Waals surface area contributed by atoms with Crippen LogP contribution in [0.3, 0.4) is 0 Å². The van der Waals surface area contributed by atoms with Gasteiger partial charge < -0.3 is 10.6 Å². The van der Waals surface area contributed by atoms with E-state index in [1.165, 1.54) is 0 Å². The molecule has 0 saturated carbocycles. The van der Waals surface area contributed by atoms with Crippen LogP contribution >= 0.6 is 0 Å². The number of carbonyl (C=O) groups excluding carboxylic acids is 1. The lowest BCUT2D eigenvalue weighted by atomic mass is 10.1. The van der Waals surface area contributed by atoms with Crippen LogP contribution in [0.25, 0.3) is 0 Å². The standard InChI is InChI=1S/C13H27N3O/c1-3-5-8-16(4-2)13(17)11-15-9-6-12(14)7-10-15/h12H,3-11,14H2,1-2H3. The maximum atomic E-state index is 12.1. The Labute approximate surface area is 105 Å². The summed E-state index contributed by atoms with van der Waals surface area (Å²) in [5.41, 5.74) is 5.86. The first-order valence-electron chi connectivity index (χ1n) is 6.93. The SMILES string of the molecule is CCCCN(CC)C(=O)CN1CCC(N)CC1. The van der Waals surface area contributed by atoms with Gasteiger partial charge in [0.05, 0.1) is 6.54 Å². The first-order valence-corrected chi connectivity index (χ1v) is 6.93. The van der Waals surface area contributed by atoms with Crippen LogP contribution in [-0.4, -0.2) is 54.5 Å². The van der Waals surface area contributed by atoms with Gasteiger partial charge in [-0.05, 0) is 26.2 Å². The molecule has 0 aromatic heterocycles. The van der Waals surface area contributed by atoms with E-state index in [0.29, 0.717) is 12.6 Å². The highest BCUT2D eigenvalue weighted by Crippen LogP contribution is 2.08. The average molecular weight is 241 g/mol. The highest BCUT2D eigenvalue weighted by Gasteiger charge is 2.20. The number of unbranched alkanes of at least 4 members (excludes halogenated alkanes) is 1. The number of nitrogens with two attached hydrogens (primary N) is 1. The number of hydrogen-bond acceptors (Lipinski definition) is 3. The van der Waals surface area contributed by atoms with Gasteiger partial charge in [-0.15, -0.1) is 0 Å². The van der Waals surface area contributed by atoms with Crippen LogP contribution in [0.15, 0.2) is 0 Å². The number of hydrogen-bond donors (Lipinski definition) is 1. The number of carbonyl (C=O) groups is 1. The lowest BCUT2D eigenvalue weighted by Gasteiger charge is -2.31. The molecule has 2 N–H and O–H groups in total. The van der Waals surface area contributed by atoms with E-state index in [1.807, 2.05) is 4.90 Å². The largest absolute Gasteiger partial charge is 0.342 e. The number of nitrogens with zero attached hydrogens (tertiary/aromatic N) is 2. The third-order valence-corrected chi connectivity index (χ3v) is 3.51. The zero-order valence-corrected chi connectivity index (χ0v) is 11.3. The first-order chi connectivity index (χ1) is 8.17. The van der Waals surface area contributed by atoms with Crippen molar-refractivity contribution in [2.24, 2.45) is 5.73 Å². The summed E-state index contributed by atoms with van der Waals surface area (Å²) < 4.78 is 0. The van der Waals surface area contributed by atoms with E-state index in [0.717, 1.165) is 51.9 Å². The van der Waals surface area contributed by atoms with Gasteiger partial charge >= 0.3 is 0 Å². The summed E-state index contributed by atoms with van der Waals surface area (Å²) in [7, 11) is 0. The normalized spacial score (nSPS) is 18.3. The molecule has 0 radical (unpaired) electrons. The van der Waals surface area contributed by atoms with Crippen molar-refractivity contribution in [1.29, 1.82) is 0 Å². The van der Waals surface area contributed by atoms with Gasteiger partial charge in [0.15, 0.2) is 0 Å². The highest BCUT2D eigenvalue weighted by molar-refractivity contribution is 5.78. The van der Waals surface area contributed by atoms with E-state index in [1.54, 1.807) is 0 Å². The van der Waals surface area contributed by atoms with E-state index >= 15 is 0 Å². The second-order valence-corrected chi connectivity index (χ2v) is 4.94. The zero-order valence-electron chi connectivity index (χ0n) is 11.3. The fourth-order valence-corrected chi connectivity index (χ4v) is 2.21. The zero-order chi connectivity index (χ0) is 12.7. The van der Waals surface area contributed by atoms with Gasteiger partial charge in [-0.25, -0.2) is 0 Å². The molecule has 0 bridgehead atoms. The molecule has 100 valence electrons. The van der Waals surface area contributed by atoms with Gasteiger partial charge in [-0.2, -0.15) is 0 Å².